The number of carbonyl (C=O) groups is 1. The molecule has 2 aromatic rings. The fourth-order valence-corrected chi connectivity index (χ4v) is 2.82. The van der Waals surface area contributed by atoms with Crippen molar-refractivity contribution >= 4 is 16.9 Å². The predicted octanol–water partition coefficient (Wildman–Crippen LogP) is 2.26. The molecule has 3 rings (SSSR count). The number of carbonyl (C=O) groups excluding carboxylic acids is 1. The van der Waals surface area contributed by atoms with Gasteiger partial charge in [0, 0.05) is 30.6 Å². The Balaban J connectivity index is 1.99. The zero-order chi connectivity index (χ0) is 13.4. The molecule has 4 nitrogen and oxygen atoms in total. The molecule has 0 saturated carbocycles. The molecule has 0 aliphatic carbocycles. The maximum Gasteiger partial charge on any atom is 0.258 e. The molecule has 2 unspecified atom stereocenters. The highest BCUT2D eigenvalue weighted by atomic mass is 16.3. The molecule has 1 N–H and O–H groups in total. The molecule has 0 bridgehead atoms. The topological polar surface area (TPSA) is 45.5 Å². The third kappa shape index (κ3) is 2.02. The molecule has 1 saturated heterocycles. The minimum absolute atomic E-state index is 0.0615. The number of fused-ring (bicyclic) bond motifs is 1. The van der Waals surface area contributed by atoms with Gasteiger partial charge in [0.15, 0.2) is 0 Å². The first kappa shape index (κ1) is 12.2. The second kappa shape index (κ2) is 4.70. The summed E-state index contributed by atoms with van der Waals surface area (Å²) in [6.07, 6.45) is 1.58. The number of rotatable bonds is 1. The number of nitrogens with one attached hydrogen (secondary N) is 1. The molecule has 1 aromatic heterocycles. The monoisotopic (exact) mass is 258 g/mol. The van der Waals surface area contributed by atoms with Crippen molar-refractivity contribution in [3.63, 3.8) is 0 Å². The highest BCUT2D eigenvalue weighted by Gasteiger charge is 2.31. The second-order valence-electron chi connectivity index (χ2n) is 5.21. The Morgan fingerprint density at radius 3 is 2.68 bits per heavy atom. The van der Waals surface area contributed by atoms with Crippen LogP contribution in [0.1, 0.15) is 24.2 Å². The van der Waals surface area contributed by atoms with E-state index in [4.69, 9.17) is 4.42 Å². The third-order valence-electron chi connectivity index (χ3n) is 3.78. The quantitative estimate of drug-likeness (QED) is 0.853. The SMILES string of the molecule is CC1CNCC(C)N1C(=O)c1coc2ccccc12. The van der Waals surface area contributed by atoms with E-state index in [-0.39, 0.29) is 18.0 Å². The van der Waals surface area contributed by atoms with E-state index >= 15 is 0 Å². The Morgan fingerprint density at radius 2 is 1.95 bits per heavy atom. The van der Waals surface area contributed by atoms with E-state index in [0.29, 0.717) is 5.56 Å². The van der Waals surface area contributed by atoms with Crippen LogP contribution in [0.5, 0.6) is 0 Å². The van der Waals surface area contributed by atoms with E-state index in [9.17, 15) is 4.79 Å². The molecule has 19 heavy (non-hydrogen) atoms. The summed E-state index contributed by atoms with van der Waals surface area (Å²) in [7, 11) is 0. The number of hydrogen-bond donors (Lipinski definition) is 1. The number of furan rings is 1. The van der Waals surface area contributed by atoms with Gasteiger partial charge in [0.1, 0.15) is 11.8 Å². The lowest BCUT2D eigenvalue weighted by atomic mass is 10.1. The third-order valence-corrected chi connectivity index (χ3v) is 3.78. The lowest BCUT2D eigenvalue weighted by molar-refractivity contribution is 0.0545. The molecule has 4 heteroatoms. The minimum Gasteiger partial charge on any atom is -0.463 e. The molecule has 1 fully saturated rings. The number of hydrogen-bond acceptors (Lipinski definition) is 3. The molecule has 0 spiro atoms. The normalized spacial score (nSPS) is 23.8. The van der Waals surface area contributed by atoms with Crippen molar-refractivity contribution in [2.75, 3.05) is 13.1 Å². The van der Waals surface area contributed by atoms with Gasteiger partial charge in [-0.2, -0.15) is 0 Å². The summed E-state index contributed by atoms with van der Waals surface area (Å²) in [5.41, 5.74) is 1.43. The largest absolute Gasteiger partial charge is 0.463 e. The molecule has 2 atom stereocenters. The summed E-state index contributed by atoms with van der Waals surface area (Å²) in [5.74, 6) is 0.0615. The van der Waals surface area contributed by atoms with Crippen LogP contribution < -0.4 is 5.32 Å². The van der Waals surface area contributed by atoms with Gasteiger partial charge < -0.3 is 14.6 Å². The van der Waals surface area contributed by atoms with Crippen LogP contribution in [-0.2, 0) is 0 Å². The minimum atomic E-state index is 0.0615. The van der Waals surface area contributed by atoms with Crippen molar-refractivity contribution in [2.45, 2.75) is 25.9 Å². The molecule has 1 amide bonds. The van der Waals surface area contributed by atoms with E-state index in [1.54, 1.807) is 6.26 Å². The van der Waals surface area contributed by atoms with Gasteiger partial charge in [-0.25, -0.2) is 0 Å². The molecular formula is C15H18N2O2. The van der Waals surface area contributed by atoms with Gasteiger partial charge in [-0.3, -0.25) is 4.79 Å². The summed E-state index contributed by atoms with van der Waals surface area (Å²) < 4.78 is 5.47. The van der Waals surface area contributed by atoms with E-state index in [1.165, 1.54) is 0 Å². The van der Waals surface area contributed by atoms with Crippen LogP contribution in [0.4, 0.5) is 0 Å². The van der Waals surface area contributed by atoms with Crippen molar-refractivity contribution in [2.24, 2.45) is 0 Å². The second-order valence-corrected chi connectivity index (χ2v) is 5.21. The van der Waals surface area contributed by atoms with Gasteiger partial charge in [-0.1, -0.05) is 18.2 Å². The maximum atomic E-state index is 12.7. The smallest absolute Gasteiger partial charge is 0.258 e. The van der Waals surface area contributed by atoms with E-state index in [2.05, 4.69) is 19.2 Å². The van der Waals surface area contributed by atoms with E-state index in [0.717, 1.165) is 24.1 Å². The van der Waals surface area contributed by atoms with Crippen molar-refractivity contribution < 1.29 is 9.21 Å². The first-order chi connectivity index (χ1) is 9.18. The van der Waals surface area contributed by atoms with Crippen LogP contribution in [0.15, 0.2) is 34.9 Å². The fraction of sp³-hybridized carbons (Fsp3) is 0.400. The summed E-state index contributed by atoms with van der Waals surface area (Å²) in [6, 6.07) is 8.06. The Bertz CT molecular complexity index is 595. The van der Waals surface area contributed by atoms with Gasteiger partial charge in [0.05, 0.1) is 5.56 Å². The van der Waals surface area contributed by atoms with Crippen molar-refractivity contribution in [1.29, 1.82) is 0 Å². The van der Waals surface area contributed by atoms with Crippen molar-refractivity contribution in [3.8, 4) is 0 Å². The number of amides is 1. The lowest BCUT2D eigenvalue weighted by Gasteiger charge is -2.39. The average molecular weight is 258 g/mol. The van der Waals surface area contributed by atoms with Gasteiger partial charge >= 0.3 is 0 Å². The van der Waals surface area contributed by atoms with Crippen LogP contribution in [-0.4, -0.2) is 36.0 Å². The van der Waals surface area contributed by atoms with E-state index < -0.39 is 0 Å². The van der Waals surface area contributed by atoms with Gasteiger partial charge in [0.2, 0.25) is 0 Å². The number of nitrogens with zero attached hydrogens (tertiary/aromatic N) is 1. The number of benzene rings is 1. The molecule has 1 aromatic carbocycles. The molecule has 100 valence electrons. The summed E-state index contributed by atoms with van der Waals surface area (Å²) in [6.45, 7) is 5.82. The Morgan fingerprint density at radius 1 is 1.26 bits per heavy atom. The summed E-state index contributed by atoms with van der Waals surface area (Å²) >= 11 is 0. The van der Waals surface area contributed by atoms with Crippen LogP contribution in [0.25, 0.3) is 11.0 Å². The van der Waals surface area contributed by atoms with Crippen LogP contribution in [0.3, 0.4) is 0 Å². The number of para-hydroxylation sites is 1. The first-order valence-corrected chi connectivity index (χ1v) is 6.68. The molecule has 1 aliphatic rings. The number of piperazine rings is 1. The summed E-state index contributed by atoms with van der Waals surface area (Å²) in [4.78, 5) is 14.7. The zero-order valence-corrected chi connectivity index (χ0v) is 11.2. The molecular weight excluding hydrogens is 240 g/mol. The van der Waals surface area contributed by atoms with Crippen LogP contribution >= 0.6 is 0 Å². The summed E-state index contributed by atoms with van der Waals surface area (Å²) in [5, 5.41) is 4.23. The lowest BCUT2D eigenvalue weighted by Crippen LogP contribution is -2.57. The fourth-order valence-electron chi connectivity index (χ4n) is 2.82. The van der Waals surface area contributed by atoms with Gasteiger partial charge in [-0.05, 0) is 19.9 Å². The Kier molecular flexibility index (Phi) is 3.03. The zero-order valence-electron chi connectivity index (χ0n) is 11.2. The van der Waals surface area contributed by atoms with Crippen LogP contribution in [0, 0.1) is 0 Å². The van der Waals surface area contributed by atoms with Gasteiger partial charge in [-0.15, -0.1) is 0 Å². The molecule has 0 radical (unpaired) electrons. The Hall–Kier alpha value is -1.81. The van der Waals surface area contributed by atoms with Crippen molar-refractivity contribution in [1.82, 2.24) is 10.2 Å². The maximum absolute atomic E-state index is 12.7. The standard InChI is InChI=1S/C15H18N2O2/c1-10-7-16-8-11(2)17(10)15(18)13-9-19-14-6-4-3-5-12(13)14/h3-6,9-11,16H,7-8H2,1-2H3. The highest BCUT2D eigenvalue weighted by Crippen LogP contribution is 2.24. The van der Waals surface area contributed by atoms with Gasteiger partial charge in [0.25, 0.3) is 5.91 Å². The Labute approximate surface area is 112 Å². The first-order valence-electron chi connectivity index (χ1n) is 6.68. The van der Waals surface area contributed by atoms with Crippen molar-refractivity contribution in [3.05, 3.63) is 36.1 Å². The van der Waals surface area contributed by atoms with Crippen LogP contribution in [0.2, 0.25) is 0 Å². The molecule has 1 aliphatic heterocycles. The average Bonchev–Trinajstić information content (AvgIpc) is 2.82. The van der Waals surface area contributed by atoms with E-state index in [1.807, 2.05) is 29.2 Å². The highest BCUT2D eigenvalue weighted by molar-refractivity contribution is 6.06. The predicted molar refractivity (Wildman–Crippen MR) is 74.2 cm³/mol. The molecule has 2 heterocycles.